The van der Waals surface area contributed by atoms with Crippen LogP contribution in [-0.4, -0.2) is 47.0 Å². The summed E-state index contributed by atoms with van der Waals surface area (Å²) in [5.41, 5.74) is 0.820. The van der Waals surface area contributed by atoms with E-state index in [1.807, 2.05) is 11.3 Å². The van der Waals surface area contributed by atoms with E-state index in [0.29, 0.717) is 18.7 Å². The highest BCUT2D eigenvalue weighted by Gasteiger charge is 2.20. The van der Waals surface area contributed by atoms with Crippen molar-refractivity contribution in [1.82, 2.24) is 4.90 Å². The molecule has 31 heavy (non-hydrogen) atoms. The molecule has 0 saturated heterocycles. The third-order valence-corrected chi connectivity index (χ3v) is 6.99. The first-order valence-corrected chi connectivity index (χ1v) is 11.9. The summed E-state index contributed by atoms with van der Waals surface area (Å²) in [5.74, 6) is 0.314. The minimum Gasteiger partial charge on any atom is -0.491 e. The predicted molar refractivity (Wildman–Crippen MR) is 123 cm³/mol. The van der Waals surface area contributed by atoms with E-state index in [4.69, 9.17) is 4.74 Å². The average Bonchev–Trinajstić information content (AvgIpc) is 3.17. The number of hydrogen-bond acceptors (Lipinski definition) is 5. The van der Waals surface area contributed by atoms with Crippen molar-refractivity contribution in [2.24, 2.45) is 0 Å². The Morgan fingerprint density at radius 2 is 1.87 bits per heavy atom. The van der Waals surface area contributed by atoms with Crippen molar-refractivity contribution in [1.29, 1.82) is 0 Å². The second kappa shape index (κ2) is 10.6. The zero-order chi connectivity index (χ0) is 21.6. The van der Waals surface area contributed by atoms with Crippen molar-refractivity contribution in [3.05, 3.63) is 64.8 Å². The van der Waals surface area contributed by atoms with E-state index in [1.165, 1.54) is 27.1 Å². The van der Waals surface area contributed by atoms with Crippen LogP contribution in [0.1, 0.15) is 36.1 Å². The Morgan fingerprint density at radius 3 is 2.74 bits per heavy atom. The molecule has 4 rings (SSSR count). The highest BCUT2D eigenvalue weighted by Crippen LogP contribution is 2.27. The minimum atomic E-state index is -0.980. The fourth-order valence-electron chi connectivity index (χ4n) is 4.11. The maximum Gasteiger partial charge on any atom is 0.123 e. The molecule has 6 heteroatoms. The van der Waals surface area contributed by atoms with Gasteiger partial charge in [0.2, 0.25) is 0 Å². The molecule has 0 fully saturated rings. The molecule has 1 aliphatic heterocycles. The topological polar surface area (TPSA) is 52.9 Å². The Balaban J connectivity index is 1.44. The molecule has 0 spiro atoms. The number of thiophene rings is 1. The number of halogens is 1. The number of benzene rings is 2. The first kappa shape index (κ1) is 22.2. The molecular formula is C25H30FNO3S. The Morgan fingerprint density at radius 1 is 1.00 bits per heavy atom. The highest BCUT2D eigenvalue weighted by atomic mass is 32.1. The third kappa shape index (κ3) is 6.04. The van der Waals surface area contributed by atoms with Gasteiger partial charge in [0.25, 0.3) is 0 Å². The van der Waals surface area contributed by atoms with Gasteiger partial charge >= 0.3 is 0 Å². The lowest BCUT2D eigenvalue weighted by Gasteiger charge is -2.25. The molecule has 1 aliphatic rings. The molecule has 0 radical (unpaired) electrons. The summed E-state index contributed by atoms with van der Waals surface area (Å²) in [6.45, 7) is 2.49. The quantitative estimate of drug-likeness (QED) is 0.600. The van der Waals surface area contributed by atoms with Crippen LogP contribution in [0.15, 0.2) is 48.5 Å². The molecule has 0 unspecified atom stereocenters. The maximum absolute atomic E-state index is 13.7. The third-order valence-electron chi connectivity index (χ3n) is 5.89. The summed E-state index contributed by atoms with van der Waals surface area (Å²) in [6.07, 6.45) is 2.41. The van der Waals surface area contributed by atoms with E-state index >= 15 is 0 Å². The van der Waals surface area contributed by atoms with E-state index in [-0.39, 0.29) is 12.4 Å². The molecule has 3 aromatic rings. The summed E-state index contributed by atoms with van der Waals surface area (Å²) in [5, 5.41) is 22.1. The lowest BCUT2D eigenvalue weighted by molar-refractivity contribution is -0.0163. The first-order chi connectivity index (χ1) is 15.1. The van der Waals surface area contributed by atoms with Gasteiger partial charge in [-0.05, 0) is 73.5 Å². The van der Waals surface area contributed by atoms with E-state index < -0.39 is 12.2 Å². The van der Waals surface area contributed by atoms with Crippen molar-refractivity contribution >= 4 is 21.4 Å². The average molecular weight is 444 g/mol. The molecule has 4 nitrogen and oxygen atoms in total. The number of rotatable bonds is 2. The summed E-state index contributed by atoms with van der Waals surface area (Å²) in [4.78, 5) is 3.67. The Bertz CT molecular complexity index is 959. The zero-order valence-electron chi connectivity index (χ0n) is 17.7. The Hall–Kier alpha value is -1.99. The Kier molecular flexibility index (Phi) is 7.56. The van der Waals surface area contributed by atoms with Crippen molar-refractivity contribution in [2.45, 2.75) is 50.9 Å². The summed E-state index contributed by atoms with van der Waals surface area (Å²) >= 11 is 1.81. The van der Waals surface area contributed by atoms with Crippen molar-refractivity contribution in [3.63, 3.8) is 0 Å². The standard InChI is InChI=1S/C25H30FNO3S/c26-20-9-10-24-18(14-20)6-2-1-5-12-27(13-11-22(28)23(29)17-30-24)16-21-15-19-7-3-4-8-25(19)31-21/h3-4,7-10,14-15,22-23,28-29H,1-2,5-6,11-13,16-17H2/t22-,23+/m0/s1. The van der Waals surface area contributed by atoms with Crippen molar-refractivity contribution in [2.75, 3.05) is 19.7 Å². The van der Waals surface area contributed by atoms with Gasteiger partial charge in [0.15, 0.2) is 0 Å². The summed E-state index contributed by atoms with van der Waals surface area (Å²) < 4.78 is 20.7. The number of fused-ring (bicyclic) bond motifs is 2. The monoisotopic (exact) mass is 443 g/mol. The normalized spacial score (nSPS) is 21.9. The van der Waals surface area contributed by atoms with Gasteiger partial charge in [-0.3, -0.25) is 4.90 Å². The highest BCUT2D eigenvalue weighted by molar-refractivity contribution is 7.19. The smallest absolute Gasteiger partial charge is 0.123 e. The number of nitrogens with zero attached hydrogens (tertiary/aromatic N) is 1. The molecule has 2 heterocycles. The van der Waals surface area contributed by atoms with Crippen molar-refractivity contribution < 1.29 is 19.3 Å². The van der Waals surface area contributed by atoms with Gasteiger partial charge in [-0.15, -0.1) is 11.3 Å². The van der Waals surface area contributed by atoms with Gasteiger partial charge in [-0.25, -0.2) is 4.39 Å². The second-order valence-corrected chi connectivity index (χ2v) is 9.49. The number of ether oxygens (including phenoxy) is 1. The van der Waals surface area contributed by atoms with Crippen LogP contribution in [0.4, 0.5) is 4.39 Å². The van der Waals surface area contributed by atoms with Gasteiger partial charge in [-0.1, -0.05) is 24.6 Å². The molecule has 1 aromatic heterocycles. The van der Waals surface area contributed by atoms with Gasteiger partial charge in [0.05, 0.1) is 6.10 Å². The molecule has 2 atom stereocenters. The molecular weight excluding hydrogens is 413 g/mol. The molecule has 0 bridgehead atoms. The molecule has 0 saturated carbocycles. The first-order valence-electron chi connectivity index (χ1n) is 11.1. The number of aliphatic hydroxyl groups is 2. The molecule has 0 aliphatic carbocycles. The zero-order valence-corrected chi connectivity index (χ0v) is 18.5. The van der Waals surface area contributed by atoms with Crippen LogP contribution in [-0.2, 0) is 13.0 Å². The van der Waals surface area contributed by atoms with Gasteiger partial charge < -0.3 is 14.9 Å². The van der Waals surface area contributed by atoms with Crippen LogP contribution in [0.3, 0.4) is 0 Å². The largest absolute Gasteiger partial charge is 0.491 e. The van der Waals surface area contributed by atoms with Crippen molar-refractivity contribution in [3.8, 4) is 5.75 Å². The van der Waals surface area contributed by atoms with Crippen LogP contribution >= 0.6 is 11.3 Å². The molecule has 166 valence electrons. The van der Waals surface area contributed by atoms with Crippen LogP contribution < -0.4 is 4.74 Å². The van der Waals surface area contributed by atoms with Crippen LogP contribution in [0.25, 0.3) is 10.1 Å². The van der Waals surface area contributed by atoms with E-state index in [1.54, 1.807) is 6.07 Å². The van der Waals surface area contributed by atoms with E-state index in [0.717, 1.165) is 44.3 Å². The number of aryl methyl sites for hydroxylation is 1. The van der Waals surface area contributed by atoms with E-state index in [9.17, 15) is 14.6 Å². The minimum absolute atomic E-state index is 0.00386. The van der Waals surface area contributed by atoms with Gasteiger partial charge in [0.1, 0.15) is 24.3 Å². The summed E-state index contributed by atoms with van der Waals surface area (Å²) in [6, 6.07) is 15.2. The predicted octanol–water partition coefficient (Wildman–Crippen LogP) is 4.76. The molecule has 2 aromatic carbocycles. The second-order valence-electron chi connectivity index (χ2n) is 8.32. The number of hydrogen-bond donors (Lipinski definition) is 2. The maximum atomic E-state index is 13.7. The summed E-state index contributed by atoms with van der Waals surface area (Å²) in [7, 11) is 0. The lowest BCUT2D eigenvalue weighted by atomic mass is 10.0. The molecule has 0 amide bonds. The lowest BCUT2D eigenvalue weighted by Crippen LogP contribution is -2.36. The van der Waals surface area contributed by atoms with Gasteiger partial charge in [-0.2, -0.15) is 0 Å². The van der Waals surface area contributed by atoms with Crippen LogP contribution in [0.2, 0.25) is 0 Å². The fourth-order valence-corrected chi connectivity index (χ4v) is 5.22. The van der Waals surface area contributed by atoms with Crippen LogP contribution in [0.5, 0.6) is 5.75 Å². The number of aliphatic hydroxyl groups excluding tert-OH is 2. The molecule has 2 N–H and O–H groups in total. The van der Waals surface area contributed by atoms with E-state index in [2.05, 4.69) is 35.2 Å². The SMILES string of the molecule is O[C@@H]1COc2ccc(F)cc2CCCCCN(Cc2cc3ccccc3s2)CC[C@@H]1O. The van der Waals surface area contributed by atoms with Gasteiger partial charge in [0, 0.05) is 22.7 Å². The Labute approximate surface area is 186 Å². The van der Waals surface area contributed by atoms with Crippen LogP contribution in [0, 0.1) is 5.82 Å². The fraction of sp³-hybridized carbons (Fsp3) is 0.440.